The molecule has 0 aromatic heterocycles. The Kier molecular flexibility index (Phi) is 1.51. The lowest BCUT2D eigenvalue weighted by Gasteiger charge is -2.09. The van der Waals surface area contributed by atoms with Gasteiger partial charge in [0.05, 0.1) is 0 Å². The predicted octanol–water partition coefficient (Wildman–Crippen LogP) is 0.538. The van der Waals surface area contributed by atoms with Crippen LogP contribution in [-0.2, 0) is 4.79 Å². The lowest BCUT2D eigenvalue weighted by molar-refractivity contribution is 0.387. The fourth-order valence-corrected chi connectivity index (χ4v) is 0.783. The van der Waals surface area contributed by atoms with Crippen molar-refractivity contribution >= 4 is 6.41 Å². The minimum absolute atomic E-state index is 0.539. The largest absolute Gasteiger partial charge is 0.332 e. The molecule has 1 aliphatic carbocycles. The van der Waals surface area contributed by atoms with Crippen LogP contribution >= 0.6 is 0 Å². The van der Waals surface area contributed by atoms with Gasteiger partial charge in [-0.1, -0.05) is 0 Å². The quantitative estimate of drug-likeness (QED) is 0.488. The highest BCUT2D eigenvalue weighted by atomic mass is 16.1. The summed E-state index contributed by atoms with van der Waals surface area (Å²) in [5.41, 5.74) is 0. The Bertz CT molecular complexity index is 88.5. The summed E-state index contributed by atoms with van der Waals surface area (Å²) < 4.78 is 0. The minimum Gasteiger partial charge on any atom is -0.332 e. The predicted molar refractivity (Wildman–Crippen MR) is 31.1 cm³/mol. The third-order valence-electron chi connectivity index (χ3n) is 1.45. The molecular formula is C6H10NO. The van der Waals surface area contributed by atoms with Gasteiger partial charge in [-0.15, -0.1) is 0 Å². The van der Waals surface area contributed by atoms with Crippen LogP contribution in [-0.4, -0.2) is 23.9 Å². The molecular weight excluding hydrogens is 102 g/mol. The van der Waals surface area contributed by atoms with Gasteiger partial charge in [0, 0.05) is 12.6 Å². The van der Waals surface area contributed by atoms with Crippen LogP contribution in [0.2, 0.25) is 0 Å². The first kappa shape index (κ1) is 5.60. The molecule has 1 radical (unpaired) electrons. The Morgan fingerprint density at radius 1 is 1.75 bits per heavy atom. The van der Waals surface area contributed by atoms with Crippen molar-refractivity contribution in [2.75, 3.05) is 6.54 Å². The molecule has 1 rings (SSSR count). The van der Waals surface area contributed by atoms with E-state index in [-0.39, 0.29) is 0 Å². The van der Waals surface area contributed by atoms with E-state index in [2.05, 4.69) is 0 Å². The number of rotatable bonds is 3. The standard InChI is InChI=1S/C6H10NO/c1-2-7(5-8)6-3-4-6/h6H,2-4H2,1H3. The van der Waals surface area contributed by atoms with Gasteiger partial charge in [0.1, 0.15) is 0 Å². The fraction of sp³-hybridized carbons (Fsp3) is 0.833. The number of hydrogen-bond donors (Lipinski definition) is 0. The van der Waals surface area contributed by atoms with Crippen LogP contribution in [0, 0.1) is 0 Å². The molecule has 0 spiro atoms. The maximum Gasteiger partial charge on any atom is 0.312 e. The summed E-state index contributed by atoms with van der Waals surface area (Å²) in [7, 11) is 0. The second-order valence-corrected chi connectivity index (χ2v) is 2.11. The molecule has 1 aliphatic rings. The van der Waals surface area contributed by atoms with Gasteiger partial charge in [-0.05, 0) is 19.8 Å². The molecule has 8 heavy (non-hydrogen) atoms. The summed E-state index contributed by atoms with van der Waals surface area (Å²) in [6.45, 7) is 2.79. The SMILES string of the molecule is CCN([C]=O)C1CC1. The van der Waals surface area contributed by atoms with Gasteiger partial charge in [-0.25, -0.2) is 0 Å². The van der Waals surface area contributed by atoms with E-state index in [0.717, 1.165) is 6.54 Å². The zero-order valence-corrected chi connectivity index (χ0v) is 5.05. The van der Waals surface area contributed by atoms with E-state index < -0.39 is 0 Å². The number of carbonyl (C=O) groups excluding carboxylic acids is 1. The van der Waals surface area contributed by atoms with Gasteiger partial charge in [0.2, 0.25) is 0 Å². The minimum atomic E-state index is 0.539. The van der Waals surface area contributed by atoms with E-state index in [1.54, 1.807) is 4.90 Å². The average Bonchev–Trinajstić information content (AvgIpc) is 2.53. The maximum atomic E-state index is 10.0. The summed E-state index contributed by atoms with van der Waals surface area (Å²) in [6.07, 6.45) is 4.26. The molecule has 0 unspecified atom stereocenters. The normalized spacial score (nSPS) is 18.1. The lowest BCUT2D eigenvalue weighted by atomic mass is 10.5. The van der Waals surface area contributed by atoms with E-state index in [0.29, 0.717) is 6.04 Å². The molecule has 2 nitrogen and oxygen atoms in total. The van der Waals surface area contributed by atoms with Gasteiger partial charge in [-0.2, -0.15) is 0 Å². The van der Waals surface area contributed by atoms with Gasteiger partial charge < -0.3 is 4.90 Å². The van der Waals surface area contributed by atoms with Gasteiger partial charge >= 0.3 is 6.41 Å². The Balaban J connectivity index is 2.25. The zero-order chi connectivity index (χ0) is 5.98. The van der Waals surface area contributed by atoms with E-state index >= 15 is 0 Å². The number of hydrogen-bond acceptors (Lipinski definition) is 1. The zero-order valence-electron chi connectivity index (χ0n) is 5.05. The molecule has 2 heteroatoms. The van der Waals surface area contributed by atoms with E-state index in [1.165, 1.54) is 12.8 Å². The number of amides is 1. The summed E-state index contributed by atoms with van der Waals surface area (Å²) in [6, 6.07) is 0.539. The molecule has 1 fully saturated rings. The highest BCUT2D eigenvalue weighted by molar-refractivity contribution is 5.49. The highest BCUT2D eigenvalue weighted by Gasteiger charge is 2.26. The molecule has 0 atom stereocenters. The lowest BCUT2D eigenvalue weighted by Crippen LogP contribution is -2.23. The molecule has 0 aromatic carbocycles. The molecule has 0 aliphatic heterocycles. The second-order valence-electron chi connectivity index (χ2n) is 2.11. The molecule has 1 saturated carbocycles. The molecule has 0 saturated heterocycles. The Morgan fingerprint density at radius 2 is 2.38 bits per heavy atom. The van der Waals surface area contributed by atoms with Crippen LogP contribution in [0.15, 0.2) is 0 Å². The second kappa shape index (κ2) is 2.16. The fourth-order valence-electron chi connectivity index (χ4n) is 0.783. The van der Waals surface area contributed by atoms with Crippen molar-refractivity contribution in [2.24, 2.45) is 0 Å². The molecule has 45 valence electrons. The van der Waals surface area contributed by atoms with Crippen LogP contribution in [0.4, 0.5) is 0 Å². The van der Waals surface area contributed by atoms with Crippen molar-refractivity contribution in [1.29, 1.82) is 0 Å². The van der Waals surface area contributed by atoms with Crippen LogP contribution in [0.3, 0.4) is 0 Å². The van der Waals surface area contributed by atoms with Crippen molar-refractivity contribution in [3.63, 3.8) is 0 Å². The highest BCUT2D eigenvalue weighted by Crippen LogP contribution is 2.24. The van der Waals surface area contributed by atoms with Crippen molar-refractivity contribution in [3.05, 3.63) is 0 Å². The summed E-state index contributed by atoms with van der Waals surface area (Å²) in [5, 5.41) is 0. The maximum absolute atomic E-state index is 10.0. The molecule has 1 amide bonds. The van der Waals surface area contributed by atoms with Crippen LogP contribution in [0.25, 0.3) is 0 Å². The monoisotopic (exact) mass is 112 g/mol. The van der Waals surface area contributed by atoms with Crippen molar-refractivity contribution in [3.8, 4) is 0 Å². The van der Waals surface area contributed by atoms with E-state index in [1.807, 2.05) is 13.3 Å². The average molecular weight is 112 g/mol. The van der Waals surface area contributed by atoms with Crippen LogP contribution < -0.4 is 0 Å². The van der Waals surface area contributed by atoms with Gasteiger partial charge in [0.25, 0.3) is 0 Å². The molecule has 0 N–H and O–H groups in total. The Morgan fingerprint density at radius 3 is 2.50 bits per heavy atom. The molecule has 0 aromatic rings. The third kappa shape index (κ3) is 0.997. The van der Waals surface area contributed by atoms with Gasteiger partial charge in [0.15, 0.2) is 0 Å². The first-order valence-corrected chi connectivity index (χ1v) is 3.03. The first-order chi connectivity index (χ1) is 3.88. The van der Waals surface area contributed by atoms with Crippen molar-refractivity contribution in [2.45, 2.75) is 25.8 Å². The van der Waals surface area contributed by atoms with Crippen LogP contribution in [0.5, 0.6) is 0 Å². The van der Waals surface area contributed by atoms with Crippen LogP contribution in [0.1, 0.15) is 19.8 Å². The number of nitrogens with zero attached hydrogens (tertiary/aromatic N) is 1. The first-order valence-electron chi connectivity index (χ1n) is 3.03. The third-order valence-corrected chi connectivity index (χ3v) is 1.45. The molecule has 0 heterocycles. The van der Waals surface area contributed by atoms with E-state index in [9.17, 15) is 4.79 Å². The van der Waals surface area contributed by atoms with Gasteiger partial charge in [-0.3, -0.25) is 4.79 Å². The molecule has 0 bridgehead atoms. The Hall–Kier alpha value is -0.530. The van der Waals surface area contributed by atoms with Crippen molar-refractivity contribution < 1.29 is 4.79 Å². The van der Waals surface area contributed by atoms with Crippen molar-refractivity contribution in [1.82, 2.24) is 4.90 Å². The Labute approximate surface area is 49.5 Å². The summed E-state index contributed by atoms with van der Waals surface area (Å²) in [5.74, 6) is 0. The smallest absolute Gasteiger partial charge is 0.312 e. The summed E-state index contributed by atoms with van der Waals surface area (Å²) in [4.78, 5) is 11.7. The van der Waals surface area contributed by atoms with E-state index in [4.69, 9.17) is 0 Å². The summed E-state index contributed by atoms with van der Waals surface area (Å²) >= 11 is 0. The topological polar surface area (TPSA) is 20.3 Å².